The molecule has 1 heterocycles. The Morgan fingerprint density at radius 3 is 2.68 bits per heavy atom. The maximum atomic E-state index is 12.1. The zero-order valence-electron chi connectivity index (χ0n) is 10.8. The van der Waals surface area contributed by atoms with Crippen molar-refractivity contribution >= 4 is 12.4 Å². The minimum absolute atomic E-state index is 0. The Bertz CT molecular complexity index is 459. The molecule has 5 heteroatoms. The fraction of sp³-hybridized carbons (Fsp3) is 0.357. The fourth-order valence-corrected chi connectivity index (χ4v) is 1.82. The van der Waals surface area contributed by atoms with Crippen LogP contribution in [0, 0.1) is 0 Å². The summed E-state index contributed by atoms with van der Waals surface area (Å²) in [5, 5.41) is 7.44. The van der Waals surface area contributed by atoms with Crippen LogP contribution in [0.3, 0.4) is 0 Å². The Balaban J connectivity index is 0.00000180. The first-order chi connectivity index (χ1) is 8.88. The average Bonchev–Trinajstić information content (AvgIpc) is 2.84. The van der Waals surface area contributed by atoms with Gasteiger partial charge in [0.15, 0.2) is 0 Å². The van der Waals surface area contributed by atoms with E-state index >= 15 is 0 Å². The van der Waals surface area contributed by atoms with Gasteiger partial charge in [-0.3, -0.25) is 4.68 Å². The van der Waals surface area contributed by atoms with Gasteiger partial charge in [-0.1, -0.05) is 30.3 Å². The number of benzene rings is 1. The molecule has 0 atom stereocenters. The second-order valence-electron chi connectivity index (χ2n) is 4.21. The van der Waals surface area contributed by atoms with E-state index in [4.69, 9.17) is 0 Å². The molecule has 0 saturated heterocycles. The van der Waals surface area contributed by atoms with Crippen LogP contribution >= 0.6 is 12.4 Å². The van der Waals surface area contributed by atoms with Crippen LogP contribution in [0.5, 0.6) is 0 Å². The summed E-state index contributed by atoms with van der Waals surface area (Å²) < 4.78 is 13.7. The van der Waals surface area contributed by atoms with Gasteiger partial charge in [0, 0.05) is 18.3 Å². The lowest BCUT2D eigenvalue weighted by Crippen LogP contribution is -2.16. The molecular weight excluding hydrogens is 265 g/mol. The van der Waals surface area contributed by atoms with Crippen LogP contribution < -0.4 is 5.32 Å². The fourth-order valence-electron chi connectivity index (χ4n) is 1.82. The number of nitrogens with zero attached hydrogens (tertiary/aromatic N) is 2. The lowest BCUT2D eigenvalue weighted by molar-refractivity contribution is 0.427. The average molecular weight is 284 g/mol. The van der Waals surface area contributed by atoms with E-state index in [0.29, 0.717) is 6.54 Å². The maximum Gasteiger partial charge on any atom is 0.109 e. The molecule has 0 saturated carbocycles. The molecule has 0 bridgehead atoms. The molecule has 2 aromatic rings. The SMILES string of the molecule is Cl.FCCn1cc(CNCCc2ccccc2)cn1. The van der Waals surface area contributed by atoms with Crippen molar-refractivity contribution in [1.29, 1.82) is 0 Å². The number of hydrogen-bond donors (Lipinski definition) is 1. The second kappa shape index (κ2) is 8.67. The van der Waals surface area contributed by atoms with Gasteiger partial charge in [0.1, 0.15) is 6.67 Å². The highest BCUT2D eigenvalue weighted by atomic mass is 35.5. The molecule has 104 valence electrons. The Labute approximate surface area is 119 Å². The Morgan fingerprint density at radius 2 is 1.95 bits per heavy atom. The monoisotopic (exact) mass is 283 g/mol. The third kappa shape index (κ3) is 5.41. The van der Waals surface area contributed by atoms with E-state index in [1.807, 2.05) is 12.3 Å². The summed E-state index contributed by atoms with van der Waals surface area (Å²) >= 11 is 0. The molecular formula is C14H19ClFN3. The first-order valence-electron chi connectivity index (χ1n) is 6.20. The largest absolute Gasteiger partial charge is 0.312 e. The van der Waals surface area contributed by atoms with Crippen LogP contribution in [0.25, 0.3) is 0 Å². The highest BCUT2D eigenvalue weighted by molar-refractivity contribution is 5.85. The zero-order chi connectivity index (χ0) is 12.6. The summed E-state index contributed by atoms with van der Waals surface area (Å²) in [6, 6.07) is 10.4. The van der Waals surface area contributed by atoms with Crippen LogP contribution in [-0.2, 0) is 19.5 Å². The number of nitrogens with one attached hydrogen (secondary N) is 1. The first kappa shape index (κ1) is 15.7. The van der Waals surface area contributed by atoms with Gasteiger partial charge in [-0.2, -0.15) is 5.10 Å². The Kier molecular flexibility index (Phi) is 7.15. The van der Waals surface area contributed by atoms with Gasteiger partial charge in [-0.25, -0.2) is 4.39 Å². The summed E-state index contributed by atoms with van der Waals surface area (Å²) in [5.74, 6) is 0. The highest BCUT2D eigenvalue weighted by Crippen LogP contribution is 2.00. The lowest BCUT2D eigenvalue weighted by Gasteiger charge is -2.03. The van der Waals surface area contributed by atoms with Gasteiger partial charge in [0.25, 0.3) is 0 Å². The summed E-state index contributed by atoms with van der Waals surface area (Å²) in [6.07, 6.45) is 4.68. The molecule has 1 aromatic heterocycles. The Hall–Kier alpha value is -1.39. The molecule has 0 aliphatic carbocycles. The number of rotatable bonds is 7. The van der Waals surface area contributed by atoms with Crippen molar-refractivity contribution in [3.63, 3.8) is 0 Å². The van der Waals surface area contributed by atoms with E-state index in [2.05, 4.69) is 34.7 Å². The molecule has 1 aromatic carbocycles. The number of aromatic nitrogens is 2. The quantitative estimate of drug-likeness (QED) is 0.792. The summed E-state index contributed by atoms with van der Waals surface area (Å²) in [6.45, 7) is 1.67. The molecule has 0 unspecified atom stereocenters. The van der Waals surface area contributed by atoms with Crippen LogP contribution in [0.4, 0.5) is 4.39 Å². The maximum absolute atomic E-state index is 12.1. The number of halogens is 2. The van der Waals surface area contributed by atoms with E-state index in [1.54, 1.807) is 10.9 Å². The third-order valence-electron chi connectivity index (χ3n) is 2.76. The van der Waals surface area contributed by atoms with E-state index in [0.717, 1.165) is 25.1 Å². The molecule has 0 aliphatic rings. The molecule has 0 spiro atoms. The van der Waals surface area contributed by atoms with E-state index < -0.39 is 0 Å². The Morgan fingerprint density at radius 1 is 1.16 bits per heavy atom. The molecule has 0 fully saturated rings. The second-order valence-corrected chi connectivity index (χ2v) is 4.21. The van der Waals surface area contributed by atoms with Crippen LogP contribution in [-0.4, -0.2) is 23.0 Å². The van der Waals surface area contributed by atoms with Crippen molar-refractivity contribution in [2.24, 2.45) is 0 Å². The van der Waals surface area contributed by atoms with Crippen molar-refractivity contribution in [2.45, 2.75) is 19.5 Å². The smallest absolute Gasteiger partial charge is 0.109 e. The minimum atomic E-state index is -0.372. The van der Waals surface area contributed by atoms with Gasteiger partial charge in [-0.15, -0.1) is 12.4 Å². The van der Waals surface area contributed by atoms with Gasteiger partial charge >= 0.3 is 0 Å². The number of hydrogen-bond acceptors (Lipinski definition) is 2. The molecule has 19 heavy (non-hydrogen) atoms. The molecule has 2 rings (SSSR count). The van der Waals surface area contributed by atoms with Crippen molar-refractivity contribution in [1.82, 2.24) is 15.1 Å². The highest BCUT2D eigenvalue weighted by Gasteiger charge is 1.98. The lowest BCUT2D eigenvalue weighted by atomic mass is 10.1. The minimum Gasteiger partial charge on any atom is -0.312 e. The van der Waals surface area contributed by atoms with Crippen LogP contribution in [0.15, 0.2) is 42.7 Å². The van der Waals surface area contributed by atoms with Crippen molar-refractivity contribution in [3.05, 3.63) is 53.9 Å². The normalized spacial score (nSPS) is 10.2. The standard InChI is InChI=1S/C14H18FN3.ClH/c15-7-9-18-12-14(11-17-18)10-16-8-6-13-4-2-1-3-5-13;/h1-5,11-12,16H,6-10H2;1H. The van der Waals surface area contributed by atoms with Gasteiger partial charge in [0.2, 0.25) is 0 Å². The van der Waals surface area contributed by atoms with Gasteiger partial charge in [0.05, 0.1) is 12.7 Å². The van der Waals surface area contributed by atoms with Crippen molar-refractivity contribution < 1.29 is 4.39 Å². The van der Waals surface area contributed by atoms with Gasteiger partial charge < -0.3 is 5.32 Å². The summed E-state index contributed by atoms with van der Waals surface area (Å²) in [5.41, 5.74) is 2.43. The topological polar surface area (TPSA) is 29.9 Å². The zero-order valence-corrected chi connectivity index (χ0v) is 11.6. The van der Waals surface area contributed by atoms with E-state index in [-0.39, 0.29) is 19.1 Å². The summed E-state index contributed by atoms with van der Waals surface area (Å²) in [4.78, 5) is 0. The van der Waals surface area contributed by atoms with Crippen LogP contribution in [0.1, 0.15) is 11.1 Å². The van der Waals surface area contributed by atoms with Crippen molar-refractivity contribution in [2.75, 3.05) is 13.2 Å². The predicted molar refractivity (Wildman–Crippen MR) is 77.3 cm³/mol. The molecule has 0 aliphatic heterocycles. The third-order valence-corrected chi connectivity index (χ3v) is 2.76. The molecule has 1 N–H and O–H groups in total. The number of alkyl halides is 1. The summed E-state index contributed by atoms with van der Waals surface area (Å²) in [7, 11) is 0. The van der Waals surface area contributed by atoms with Crippen molar-refractivity contribution in [3.8, 4) is 0 Å². The number of aryl methyl sites for hydroxylation is 1. The first-order valence-corrected chi connectivity index (χ1v) is 6.20. The predicted octanol–water partition coefficient (Wildman–Crippen LogP) is 2.61. The molecule has 3 nitrogen and oxygen atoms in total. The molecule has 0 radical (unpaired) electrons. The van der Waals surface area contributed by atoms with Crippen LogP contribution in [0.2, 0.25) is 0 Å². The molecule has 0 amide bonds. The van der Waals surface area contributed by atoms with Gasteiger partial charge in [-0.05, 0) is 18.5 Å². The van der Waals surface area contributed by atoms with E-state index in [9.17, 15) is 4.39 Å². The van der Waals surface area contributed by atoms with E-state index in [1.165, 1.54) is 5.56 Å².